The number of nitrogens with zero attached hydrogens (tertiary/aromatic N) is 1. The standard InChI is InChI=1S/C55H35NO/c1-2-14-36(15-3-1)37-26-28-38(29-27-37)56(39-31-33-54-48(34-39)47-21-9-13-25-53(47)57-54)40-30-32-46-42-17-5-4-16-41(42)43-18-6-10-22-49(43)55(52(46)35-40)50-23-11-7-19-44(50)45-20-8-12-24-51(45)55/h1-35H. The van der Waals surface area contributed by atoms with Gasteiger partial charge in [0.15, 0.2) is 0 Å². The Hall–Kier alpha value is -7.42. The third kappa shape index (κ3) is 4.59. The van der Waals surface area contributed by atoms with E-state index in [0.29, 0.717) is 0 Å². The van der Waals surface area contributed by atoms with Gasteiger partial charge in [-0.2, -0.15) is 0 Å². The molecule has 2 heteroatoms. The normalized spacial score (nSPS) is 13.1. The molecule has 0 saturated heterocycles. The van der Waals surface area contributed by atoms with E-state index in [-0.39, 0.29) is 0 Å². The fourth-order valence-electron chi connectivity index (χ4n) is 9.91. The van der Waals surface area contributed by atoms with Crippen LogP contribution in [0, 0.1) is 0 Å². The molecule has 1 spiro atoms. The third-order valence-electron chi connectivity index (χ3n) is 12.3. The second kappa shape index (κ2) is 12.3. The molecule has 57 heavy (non-hydrogen) atoms. The SMILES string of the molecule is c1ccc(-c2ccc(N(c3ccc4c(c3)C3(c5ccccc5-c5ccccc5-4)c4ccccc4-c4ccccc43)c3ccc4oc5ccccc5c4c3)cc2)cc1. The van der Waals surface area contributed by atoms with E-state index >= 15 is 0 Å². The number of para-hydroxylation sites is 1. The predicted octanol–water partition coefficient (Wildman–Crippen LogP) is 14.7. The fourth-order valence-corrected chi connectivity index (χ4v) is 9.91. The van der Waals surface area contributed by atoms with Crippen LogP contribution in [-0.2, 0) is 5.41 Å². The molecule has 2 nitrogen and oxygen atoms in total. The number of fused-ring (bicyclic) bond motifs is 15. The topological polar surface area (TPSA) is 16.4 Å². The van der Waals surface area contributed by atoms with Gasteiger partial charge in [-0.1, -0.05) is 164 Å². The van der Waals surface area contributed by atoms with Crippen molar-refractivity contribution in [2.45, 2.75) is 5.41 Å². The minimum atomic E-state index is -0.568. The van der Waals surface area contributed by atoms with E-state index in [1.165, 1.54) is 66.8 Å². The van der Waals surface area contributed by atoms with Crippen molar-refractivity contribution in [1.29, 1.82) is 0 Å². The average Bonchev–Trinajstić information content (AvgIpc) is 3.77. The van der Waals surface area contributed by atoms with Gasteiger partial charge in [0.2, 0.25) is 0 Å². The van der Waals surface area contributed by atoms with Crippen LogP contribution in [0.2, 0.25) is 0 Å². The van der Waals surface area contributed by atoms with Crippen LogP contribution in [0.15, 0.2) is 217 Å². The van der Waals surface area contributed by atoms with Gasteiger partial charge in [-0.15, -0.1) is 0 Å². The Kier molecular flexibility index (Phi) is 6.88. The van der Waals surface area contributed by atoms with Crippen LogP contribution < -0.4 is 4.90 Å². The van der Waals surface area contributed by atoms with Gasteiger partial charge < -0.3 is 9.32 Å². The number of hydrogen-bond donors (Lipinski definition) is 0. The quantitative estimate of drug-likeness (QED) is 0.180. The molecule has 10 aromatic rings. The van der Waals surface area contributed by atoms with Crippen LogP contribution in [0.3, 0.4) is 0 Å². The van der Waals surface area contributed by atoms with E-state index < -0.39 is 5.41 Å². The minimum absolute atomic E-state index is 0.568. The van der Waals surface area contributed by atoms with Crippen LogP contribution in [0.1, 0.15) is 22.3 Å². The van der Waals surface area contributed by atoms with E-state index in [2.05, 4.69) is 205 Å². The first-order valence-corrected chi connectivity index (χ1v) is 19.7. The molecule has 0 bridgehead atoms. The average molecular weight is 726 g/mol. The second-order valence-electron chi connectivity index (χ2n) is 15.2. The van der Waals surface area contributed by atoms with Crippen molar-refractivity contribution in [2.75, 3.05) is 4.90 Å². The number of hydrogen-bond acceptors (Lipinski definition) is 2. The maximum atomic E-state index is 6.33. The molecule has 0 unspecified atom stereocenters. The highest BCUT2D eigenvalue weighted by Crippen LogP contribution is 2.62. The van der Waals surface area contributed by atoms with Crippen LogP contribution >= 0.6 is 0 Å². The summed E-state index contributed by atoms with van der Waals surface area (Å²) in [5, 5.41) is 2.21. The number of anilines is 3. The van der Waals surface area contributed by atoms with Gasteiger partial charge in [-0.25, -0.2) is 0 Å². The Balaban J connectivity index is 1.17. The highest BCUT2D eigenvalue weighted by Gasteiger charge is 2.49. The molecular formula is C55H35NO. The van der Waals surface area contributed by atoms with Gasteiger partial charge in [-0.05, 0) is 115 Å². The lowest BCUT2D eigenvalue weighted by Gasteiger charge is -2.36. The molecule has 0 radical (unpaired) electrons. The van der Waals surface area contributed by atoms with Gasteiger partial charge >= 0.3 is 0 Å². The van der Waals surface area contributed by atoms with Gasteiger partial charge in [-0.3, -0.25) is 0 Å². The zero-order valence-electron chi connectivity index (χ0n) is 31.1. The zero-order chi connectivity index (χ0) is 37.5. The van der Waals surface area contributed by atoms with Crippen molar-refractivity contribution < 1.29 is 4.42 Å². The Bertz CT molecular complexity index is 3140. The van der Waals surface area contributed by atoms with Crippen LogP contribution in [0.4, 0.5) is 17.1 Å². The third-order valence-corrected chi connectivity index (χ3v) is 12.3. The van der Waals surface area contributed by atoms with Crippen LogP contribution in [0.5, 0.6) is 0 Å². The summed E-state index contributed by atoms with van der Waals surface area (Å²) >= 11 is 0. The monoisotopic (exact) mass is 725 g/mol. The molecule has 2 aliphatic carbocycles. The molecule has 12 rings (SSSR count). The van der Waals surface area contributed by atoms with Gasteiger partial charge in [0.25, 0.3) is 0 Å². The summed E-state index contributed by atoms with van der Waals surface area (Å²) in [7, 11) is 0. The summed E-state index contributed by atoms with van der Waals surface area (Å²) in [6, 6.07) is 77.8. The Morgan fingerprint density at radius 1 is 0.298 bits per heavy atom. The first-order chi connectivity index (χ1) is 28.3. The Labute approximate surface area is 331 Å². The minimum Gasteiger partial charge on any atom is -0.456 e. The molecule has 9 aromatic carbocycles. The van der Waals surface area contributed by atoms with Crippen molar-refractivity contribution in [3.05, 3.63) is 235 Å². The number of rotatable bonds is 4. The molecule has 0 saturated carbocycles. The molecule has 1 aromatic heterocycles. The number of furan rings is 1. The summed E-state index contributed by atoms with van der Waals surface area (Å²) in [6.07, 6.45) is 0. The summed E-state index contributed by atoms with van der Waals surface area (Å²) in [6.45, 7) is 0. The van der Waals surface area contributed by atoms with E-state index in [0.717, 1.165) is 39.0 Å². The fraction of sp³-hybridized carbons (Fsp3) is 0.0182. The summed E-state index contributed by atoms with van der Waals surface area (Å²) in [5.74, 6) is 0. The van der Waals surface area contributed by atoms with E-state index in [4.69, 9.17) is 4.42 Å². The summed E-state index contributed by atoms with van der Waals surface area (Å²) in [4.78, 5) is 2.42. The molecule has 0 aliphatic heterocycles. The van der Waals surface area contributed by atoms with Gasteiger partial charge in [0.1, 0.15) is 11.2 Å². The highest BCUT2D eigenvalue weighted by molar-refractivity contribution is 6.07. The second-order valence-corrected chi connectivity index (χ2v) is 15.2. The Morgan fingerprint density at radius 3 is 1.42 bits per heavy atom. The van der Waals surface area contributed by atoms with Crippen molar-refractivity contribution in [2.24, 2.45) is 0 Å². The van der Waals surface area contributed by atoms with Crippen molar-refractivity contribution in [3.63, 3.8) is 0 Å². The molecule has 0 atom stereocenters. The van der Waals surface area contributed by atoms with Gasteiger partial charge in [0.05, 0.1) is 5.41 Å². The van der Waals surface area contributed by atoms with E-state index in [9.17, 15) is 0 Å². The molecular weight excluding hydrogens is 691 g/mol. The highest BCUT2D eigenvalue weighted by atomic mass is 16.3. The van der Waals surface area contributed by atoms with E-state index in [1.54, 1.807) is 0 Å². The summed E-state index contributed by atoms with van der Waals surface area (Å²) < 4.78 is 6.33. The van der Waals surface area contributed by atoms with Crippen LogP contribution in [-0.4, -0.2) is 0 Å². The predicted molar refractivity (Wildman–Crippen MR) is 236 cm³/mol. The maximum Gasteiger partial charge on any atom is 0.135 e. The molecule has 0 fully saturated rings. The number of benzene rings is 9. The van der Waals surface area contributed by atoms with Crippen molar-refractivity contribution in [3.8, 4) is 44.5 Å². The van der Waals surface area contributed by atoms with E-state index in [1.807, 2.05) is 12.1 Å². The zero-order valence-corrected chi connectivity index (χ0v) is 31.1. The molecule has 1 heterocycles. The molecule has 2 aliphatic rings. The molecule has 0 N–H and O–H groups in total. The van der Waals surface area contributed by atoms with Gasteiger partial charge in [0, 0.05) is 27.8 Å². The lowest BCUT2D eigenvalue weighted by molar-refractivity contribution is 0.669. The first kappa shape index (κ1) is 31.9. The van der Waals surface area contributed by atoms with Crippen LogP contribution in [0.25, 0.3) is 66.4 Å². The summed E-state index contributed by atoms with van der Waals surface area (Å²) in [5.41, 5.74) is 19.6. The van der Waals surface area contributed by atoms with Crippen molar-refractivity contribution in [1.82, 2.24) is 0 Å². The smallest absolute Gasteiger partial charge is 0.135 e. The maximum absolute atomic E-state index is 6.33. The Morgan fingerprint density at radius 2 is 0.754 bits per heavy atom. The lowest BCUT2D eigenvalue weighted by atomic mass is 9.66. The lowest BCUT2D eigenvalue weighted by Crippen LogP contribution is -2.29. The van der Waals surface area contributed by atoms with Crippen molar-refractivity contribution >= 4 is 39.0 Å². The largest absolute Gasteiger partial charge is 0.456 e. The first-order valence-electron chi connectivity index (χ1n) is 19.7. The molecule has 0 amide bonds. The molecule has 266 valence electrons.